The topological polar surface area (TPSA) is 91.2 Å². The van der Waals surface area contributed by atoms with Gasteiger partial charge in [-0.3, -0.25) is 19.6 Å². The second-order valence-electron chi connectivity index (χ2n) is 5.39. The summed E-state index contributed by atoms with van der Waals surface area (Å²) in [5.41, 5.74) is 0.419. The molecular weight excluding hydrogens is 334 g/mol. The molecule has 0 spiro atoms. The third-order valence-electron chi connectivity index (χ3n) is 3.68. The minimum atomic E-state index is -0.487. The highest BCUT2D eigenvalue weighted by Crippen LogP contribution is 2.34. The van der Waals surface area contributed by atoms with E-state index >= 15 is 0 Å². The molecule has 7 nitrogen and oxygen atoms in total. The lowest BCUT2D eigenvalue weighted by Crippen LogP contribution is -2.03. The van der Waals surface area contributed by atoms with Crippen molar-refractivity contribution in [3.8, 4) is 11.5 Å². The van der Waals surface area contributed by atoms with Gasteiger partial charge in [-0.2, -0.15) is 5.10 Å². The Morgan fingerprint density at radius 3 is 2.79 bits per heavy atom. The number of aryl methyl sites for hydroxylation is 2. The number of hydrogen-bond donors (Lipinski definition) is 0. The summed E-state index contributed by atoms with van der Waals surface area (Å²) >= 11 is 5.89. The maximum Gasteiger partial charge on any atom is 0.321 e. The van der Waals surface area contributed by atoms with E-state index in [2.05, 4.69) is 5.10 Å². The van der Waals surface area contributed by atoms with Crippen molar-refractivity contribution in [1.82, 2.24) is 9.78 Å². The van der Waals surface area contributed by atoms with Crippen molar-refractivity contribution in [3.63, 3.8) is 0 Å². The number of nitro groups is 1. The fourth-order valence-corrected chi connectivity index (χ4v) is 2.86. The zero-order valence-corrected chi connectivity index (χ0v) is 13.8. The van der Waals surface area contributed by atoms with Gasteiger partial charge >= 0.3 is 5.69 Å². The molecule has 8 heteroatoms. The molecule has 2 aromatic heterocycles. The first-order chi connectivity index (χ1) is 11.4. The quantitative estimate of drug-likeness (QED) is 0.530. The van der Waals surface area contributed by atoms with Gasteiger partial charge in [-0.15, -0.1) is 0 Å². The predicted octanol–water partition coefficient (Wildman–Crippen LogP) is 3.71. The van der Waals surface area contributed by atoms with Gasteiger partial charge in [0.05, 0.1) is 10.3 Å². The third-order valence-corrected chi connectivity index (χ3v) is 3.92. The molecule has 0 unspecified atom stereocenters. The van der Waals surface area contributed by atoms with Gasteiger partial charge in [0.25, 0.3) is 0 Å². The van der Waals surface area contributed by atoms with E-state index in [9.17, 15) is 14.9 Å². The molecule has 1 aromatic carbocycles. The summed E-state index contributed by atoms with van der Waals surface area (Å²) in [4.78, 5) is 23.4. The molecule has 0 saturated heterocycles. The minimum Gasteiger partial charge on any atom is -0.454 e. The van der Waals surface area contributed by atoms with Crippen LogP contribution in [0.5, 0.6) is 0 Å². The maximum atomic E-state index is 12.3. The summed E-state index contributed by atoms with van der Waals surface area (Å²) in [6, 6.07) is 5.90. The third kappa shape index (κ3) is 2.67. The van der Waals surface area contributed by atoms with Gasteiger partial charge in [0, 0.05) is 18.1 Å². The van der Waals surface area contributed by atoms with Crippen LogP contribution in [0.25, 0.3) is 22.4 Å². The van der Waals surface area contributed by atoms with Crippen molar-refractivity contribution in [2.75, 3.05) is 0 Å². The highest BCUT2D eigenvalue weighted by Gasteiger charge is 2.29. The molecule has 0 aliphatic rings. The molecule has 3 aromatic rings. The smallest absolute Gasteiger partial charge is 0.321 e. The second kappa shape index (κ2) is 6.09. The molecule has 0 aliphatic heterocycles. The van der Waals surface area contributed by atoms with E-state index < -0.39 is 4.92 Å². The standard InChI is InChI=1S/C16H14ClN3O4/c1-3-4-11-15(20(22)23)16(19(2)18-11)14-8-12(21)10-7-9(17)5-6-13(10)24-14/h5-8H,3-4H2,1-2H3. The van der Waals surface area contributed by atoms with Gasteiger partial charge in [0.1, 0.15) is 11.3 Å². The summed E-state index contributed by atoms with van der Waals surface area (Å²) in [6.07, 6.45) is 1.19. The van der Waals surface area contributed by atoms with E-state index in [1.807, 2.05) is 6.92 Å². The second-order valence-corrected chi connectivity index (χ2v) is 5.83. The van der Waals surface area contributed by atoms with Crippen LogP contribution in [0.15, 0.2) is 33.5 Å². The number of halogens is 1. The lowest BCUT2D eigenvalue weighted by Gasteiger charge is -2.03. The maximum absolute atomic E-state index is 12.3. The van der Waals surface area contributed by atoms with Crippen molar-refractivity contribution >= 4 is 28.3 Å². The summed E-state index contributed by atoms with van der Waals surface area (Å²) in [5, 5.41) is 16.5. The molecule has 3 rings (SSSR count). The number of aromatic nitrogens is 2. The van der Waals surface area contributed by atoms with E-state index in [4.69, 9.17) is 16.0 Å². The molecule has 24 heavy (non-hydrogen) atoms. The zero-order chi connectivity index (χ0) is 17.4. The van der Waals surface area contributed by atoms with Crippen molar-refractivity contribution in [1.29, 1.82) is 0 Å². The first-order valence-corrected chi connectivity index (χ1v) is 7.74. The summed E-state index contributed by atoms with van der Waals surface area (Å²) in [7, 11) is 1.59. The fraction of sp³-hybridized carbons (Fsp3) is 0.250. The molecule has 0 amide bonds. The van der Waals surface area contributed by atoms with Crippen LogP contribution < -0.4 is 5.43 Å². The minimum absolute atomic E-state index is 0.110. The predicted molar refractivity (Wildman–Crippen MR) is 90.3 cm³/mol. The normalized spacial score (nSPS) is 11.1. The number of hydrogen-bond acceptors (Lipinski definition) is 5. The van der Waals surface area contributed by atoms with E-state index in [-0.39, 0.29) is 22.6 Å². The molecular formula is C16H14ClN3O4. The Labute approximate surface area is 141 Å². The fourth-order valence-electron chi connectivity index (χ4n) is 2.69. The van der Waals surface area contributed by atoms with Gasteiger partial charge < -0.3 is 4.42 Å². The van der Waals surface area contributed by atoms with E-state index in [1.54, 1.807) is 19.2 Å². The average molecular weight is 348 g/mol. The molecule has 0 radical (unpaired) electrons. The monoisotopic (exact) mass is 347 g/mol. The lowest BCUT2D eigenvalue weighted by atomic mass is 10.1. The number of fused-ring (bicyclic) bond motifs is 1. The largest absolute Gasteiger partial charge is 0.454 e. The molecule has 0 fully saturated rings. The molecule has 0 bridgehead atoms. The van der Waals surface area contributed by atoms with Crippen LogP contribution >= 0.6 is 11.6 Å². The van der Waals surface area contributed by atoms with Crippen LogP contribution in [-0.4, -0.2) is 14.7 Å². The van der Waals surface area contributed by atoms with Crippen LogP contribution in [0.4, 0.5) is 5.69 Å². The molecule has 2 heterocycles. The highest BCUT2D eigenvalue weighted by molar-refractivity contribution is 6.31. The van der Waals surface area contributed by atoms with Crippen LogP contribution in [0.2, 0.25) is 5.02 Å². The molecule has 0 atom stereocenters. The van der Waals surface area contributed by atoms with Gasteiger partial charge in [0.2, 0.25) is 0 Å². The average Bonchev–Trinajstić information content (AvgIpc) is 2.84. The molecule has 0 saturated carbocycles. The van der Waals surface area contributed by atoms with Gasteiger partial charge in [-0.25, -0.2) is 0 Å². The Morgan fingerprint density at radius 2 is 2.12 bits per heavy atom. The Kier molecular flexibility index (Phi) is 4.11. The van der Waals surface area contributed by atoms with Gasteiger partial charge in [-0.1, -0.05) is 24.9 Å². The van der Waals surface area contributed by atoms with Gasteiger partial charge in [-0.05, 0) is 24.6 Å². The van der Waals surface area contributed by atoms with Crippen LogP contribution in [0.3, 0.4) is 0 Å². The van der Waals surface area contributed by atoms with Crippen molar-refractivity contribution in [2.24, 2.45) is 7.05 Å². The van der Waals surface area contributed by atoms with Crippen LogP contribution in [0, 0.1) is 10.1 Å². The first-order valence-electron chi connectivity index (χ1n) is 7.36. The zero-order valence-electron chi connectivity index (χ0n) is 13.1. The number of rotatable bonds is 4. The summed E-state index contributed by atoms with van der Waals surface area (Å²) < 4.78 is 7.10. The number of nitrogens with zero attached hydrogens (tertiary/aromatic N) is 3. The first kappa shape index (κ1) is 16.2. The Morgan fingerprint density at radius 1 is 1.38 bits per heavy atom. The SMILES string of the molecule is CCCc1nn(C)c(-c2cc(=O)c3cc(Cl)ccc3o2)c1[N+](=O)[O-]. The van der Waals surface area contributed by atoms with E-state index in [0.717, 1.165) is 6.42 Å². The summed E-state index contributed by atoms with van der Waals surface area (Å²) in [5.74, 6) is 0.110. The summed E-state index contributed by atoms with van der Waals surface area (Å²) in [6.45, 7) is 1.91. The van der Waals surface area contributed by atoms with E-state index in [1.165, 1.54) is 16.8 Å². The van der Waals surface area contributed by atoms with Crippen molar-refractivity contribution in [3.05, 3.63) is 55.3 Å². The highest BCUT2D eigenvalue weighted by atomic mass is 35.5. The van der Waals surface area contributed by atoms with Crippen molar-refractivity contribution < 1.29 is 9.34 Å². The van der Waals surface area contributed by atoms with Crippen LogP contribution in [-0.2, 0) is 13.5 Å². The lowest BCUT2D eigenvalue weighted by molar-refractivity contribution is -0.385. The Hall–Kier alpha value is -2.67. The van der Waals surface area contributed by atoms with Crippen molar-refractivity contribution in [2.45, 2.75) is 19.8 Å². The molecule has 0 N–H and O–H groups in total. The van der Waals surface area contributed by atoms with Gasteiger partial charge in [0.15, 0.2) is 16.9 Å². The van der Waals surface area contributed by atoms with Crippen LogP contribution in [0.1, 0.15) is 19.0 Å². The molecule has 0 aliphatic carbocycles. The molecule has 124 valence electrons. The Balaban J connectivity index is 2.30. The number of benzene rings is 1. The van der Waals surface area contributed by atoms with E-state index in [0.29, 0.717) is 28.1 Å². The Bertz CT molecular complexity index is 1010.